The number of rotatable bonds is 8. The molecule has 0 bridgehead atoms. The molecule has 9 aromatic rings. The molecule has 0 unspecified atom stereocenters. The fourth-order valence-electron chi connectivity index (χ4n) is 7.53. The minimum absolute atomic E-state index is 1.11. The number of benzene rings is 8. The number of para-hydroxylation sites is 4. The number of anilines is 5. The van der Waals surface area contributed by atoms with Crippen LogP contribution >= 0.6 is 0 Å². The molecule has 0 saturated carbocycles. The quantitative estimate of drug-likeness (QED) is 0.160. The van der Waals surface area contributed by atoms with Gasteiger partial charge in [0.05, 0.1) is 11.0 Å². The van der Waals surface area contributed by atoms with Crippen LogP contribution in [0.4, 0.5) is 28.4 Å². The number of aromatic nitrogens is 1. The molecule has 9 rings (SSSR count). The summed E-state index contributed by atoms with van der Waals surface area (Å²) >= 11 is 0. The van der Waals surface area contributed by atoms with Crippen LogP contribution in [0.15, 0.2) is 206 Å². The number of hydrogen-bond donors (Lipinski definition) is 0. The normalized spacial score (nSPS) is 11.2. The summed E-state index contributed by atoms with van der Waals surface area (Å²) in [5, 5.41) is 2.50. The molecule has 0 aliphatic carbocycles. The average Bonchev–Trinajstić information content (AvgIpc) is 3.56. The molecule has 8 aromatic carbocycles. The maximum atomic E-state index is 2.39. The first-order chi connectivity index (χ1) is 25.7. The van der Waals surface area contributed by atoms with Gasteiger partial charge in [0.2, 0.25) is 0 Å². The van der Waals surface area contributed by atoms with Crippen molar-refractivity contribution in [3.05, 3.63) is 206 Å². The van der Waals surface area contributed by atoms with E-state index in [2.05, 4.69) is 228 Å². The predicted octanol–water partition coefficient (Wildman–Crippen LogP) is 13.4. The van der Waals surface area contributed by atoms with Crippen LogP contribution in [0.5, 0.6) is 0 Å². The highest BCUT2D eigenvalue weighted by Crippen LogP contribution is 2.44. The van der Waals surface area contributed by atoms with Gasteiger partial charge in [-0.3, -0.25) is 0 Å². The largest absolute Gasteiger partial charge is 0.344 e. The SMILES string of the molecule is CN(c1ccc(N(c2ccccc2)c2ccccc2)cc1)c1cccc(-c2ccc3c4ccccc4n(-c4ccccc4)c3c2)c1-c1ccccc1. The van der Waals surface area contributed by atoms with Gasteiger partial charge in [0.15, 0.2) is 0 Å². The zero-order chi connectivity index (χ0) is 34.9. The van der Waals surface area contributed by atoms with E-state index in [0.717, 1.165) is 34.1 Å². The minimum Gasteiger partial charge on any atom is -0.344 e. The van der Waals surface area contributed by atoms with E-state index in [1.54, 1.807) is 0 Å². The summed E-state index contributed by atoms with van der Waals surface area (Å²) in [6, 6.07) is 73.7. The van der Waals surface area contributed by atoms with Crippen molar-refractivity contribution < 1.29 is 0 Å². The molecular formula is C49H37N3. The second kappa shape index (κ2) is 13.5. The van der Waals surface area contributed by atoms with Crippen molar-refractivity contribution >= 4 is 50.2 Å². The zero-order valence-corrected chi connectivity index (χ0v) is 29.0. The first-order valence-electron chi connectivity index (χ1n) is 17.8. The highest BCUT2D eigenvalue weighted by molar-refractivity contribution is 6.10. The zero-order valence-electron chi connectivity index (χ0n) is 29.0. The van der Waals surface area contributed by atoms with Gasteiger partial charge < -0.3 is 14.4 Å². The standard InChI is InChI=1S/C49H37N3/c1-50(38-30-32-42(33-31-38)51(39-19-8-3-9-20-39)40-21-10-4-11-22-40)47-28-16-26-43(49(47)36-17-6-2-7-18-36)37-29-34-45-44-25-14-15-27-46(44)52(48(45)35-37)41-23-12-5-13-24-41/h2-35H,1H3. The summed E-state index contributed by atoms with van der Waals surface area (Å²) in [7, 11) is 2.17. The fraction of sp³-hybridized carbons (Fsp3) is 0.0204. The van der Waals surface area contributed by atoms with Crippen molar-refractivity contribution in [2.45, 2.75) is 0 Å². The van der Waals surface area contributed by atoms with Crippen molar-refractivity contribution in [3.63, 3.8) is 0 Å². The van der Waals surface area contributed by atoms with E-state index in [4.69, 9.17) is 0 Å². The molecule has 0 spiro atoms. The van der Waals surface area contributed by atoms with Crippen LogP contribution in [0.1, 0.15) is 0 Å². The Morgan fingerprint density at radius 2 is 0.923 bits per heavy atom. The van der Waals surface area contributed by atoms with Crippen LogP contribution in [0, 0.1) is 0 Å². The Labute approximate surface area is 304 Å². The Morgan fingerprint density at radius 3 is 1.60 bits per heavy atom. The first-order valence-corrected chi connectivity index (χ1v) is 17.8. The molecule has 248 valence electrons. The third kappa shape index (κ3) is 5.59. The van der Waals surface area contributed by atoms with Crippen LogP contribution in [0.3, 0.4) is 0 Å². The number of hydrogen-bond acceptors (Lipinski definition) is 2. The lowest BCUT2D eigenvalue weighted by atomic mass is 9.92. The van der Waals surface area contributed by atoms with Crippen molar-refractivity contribution in [3.8, 4) is 27.9 Å². The average molecular weight is 668 g/mol. The molecule has 1 heterocycles. The van der Waals surface area contributed by atoms with Crippen LogP contribution < -0.4 is 9.80 Å². The van der Waals surface area contributed by atoms with E-state index in [9.17, 15) is 0 Å². The van der Waals surface area contributed by atoms with E-state index >= 15 is 0 Å². The van der Waals surface area contributed by atoms with Gasteiger partial charge in [-0.1, -0.05) is 127 Å². The van der Waals surface area contributed by atoms with Crippen LogP contribution in [0.25, 0.3) is 49.7 Å². The second-order valence-corrected chi connectivity index (χ2v) is 13.1. The molecule has 0 amide bonds. The second-order valence-electron chi connectivity index (χ2n) is 13.1. The Morgan fingerprint density at radius 1 is 0.385 bits per heavy atom. The molecule has 52 heavy (non-hydrogen) atoms. The summed E-state index contributed by atoms with van der Waals surface area (Å²) in [6.07, 6.45) is 0. The molecule has 0 radical (unpaired) electrons. The Bertz CT molecular complexity index is 2570. The molecule has 1 aromatic heterocycles. The van der Waals surface area contributed by atoms with Gasteiger partial charge in [0.25, 0.3) is 0 Å². The summed E-state index contributed by atoms with van der Waals surface area (Å²) < 4.78 is 2.39. The highest BCUT2D eigenvalue weighted by Gasteiger charge is 2.19. The molecule has 0 atom stereocenters. The van der Waals surface area contributed by atoms with E-state index < -0.39 is 0 Å². The molecule has 0 aliphatic heterocycles. The summed E-state index contributed by atoms with van der Waals surface area (Å²) in [5.74, 6) is 0. The van der Waals surface area contributed by atoms with Gasteiger partial charge in [-0.25, -0.2) is 0 Å². The Balaban J connectivity index is 1.17. The summed E-state index contributed by atoms with van der Waals surface area (Å²) in [5.41, 5.74) is 13.9. The third-order valence-electron chi connectivity index (χ3n) is 9.99. The third-order valence-corrected chi connectivity index (χ3v) is 9.99. The van der Waals surface area contributed by atoms with E-state index in [1.807, 2.05) is 0 Å². The van der Waals surface area contributed by atoms with E-state index in [-0.39, 0.29) is 0 Å². The molecule has 0 aliphatic rings. The van der Waals surface area contributed by atoms with Crippen molar-refractivity contribution in [1.29, 1.82) is 0 Å². The van der Waals surface area contributed by atoms with Crippen molar-refractivity contribution in [2.75, 3.05) is 16.8 Å². The van der Waals surface area contributed by atoms with Gasteiger partial charge in [0, 0.05) is 57.5 Å². The van der Waals surface area contributed by atoms with Crippen LogP contribution in [0.2, 0.25) is 0 Å². The monoisotopic (exact) mass is 667 g/mol. The Kier molecular flexibility index (Phi) is 8.07. The van der Waals surface area contributed by atoms with E-state index in [1.165, 1.54) is 44.1 Å². The first kappa shape index (κ1) is 31.2. The van der Waals surface area contributed by atoms with Gasteiger partial charge in [-0.05, 0) is 95.6 Å². The van der Waals surface area contributed by atoms with Crippen LogP contribution in [-0.4, -0.2) is 11.6 Å². The smallest absolute Gasteiger partial charge is 0.0547 e. The van der Waals surface area contributed by atoms with Gasteiger partial charge in [-0.2, -0.15) is 0 Å². The molecule has 0 fully saturated rings. The molecule has 0 N–H and O–H groups in total. The lowest BCUT2D eigenvalue weighted by molar-refractivity contribution is 1.18. The topological polar surface area (TPSA) is 11.4 Å². The summed E-state index contributed by atoms with van der Waals surface area (Å²) in [4.78, 5) is 4.61. The van der Waals surface area contributed by atoms with Crippen molar-refractivity contribution in [1.82, 2.24) is 4.57 Å². The molecular weight excluding hydrogens is 631 g/mol. The van der Waals surface area contributed by atoms with Crippen molar-refractivity contribution in [2.24, 2.45) is 0 Å². The molecule has 3 nitrogen and oxygen atoms in total. The maximum Gasteiger partial charge on any atom is 0.0547 e. The highest BCUT2D eigenvalue weighted by atomic mass is 15.1. The van der Waals surface area contributed by atoms with Gasteiger partial charge in [-0.15, -0.1) is 0 Å². The fourth-order valence-corrected chi connectivity index (χ4v) is 7.53. The minimum atomic E-state index is 1.11. The van der Waals surface area contributed by atoms with E-state index in [0.29, 0.717) is 0 Å². The molecule has 0 saturated heterocycles. The van der Waals surface area contributed by atoms with Gasteiger partial charge >= 0.3 is 0 Å². The lowest BCUT2D eigenvalue weighted by Gasteiger charge is -2.28. The molecule has 3 heteroatoms. The number of fused-ring (bicyclic) bond motifs is 3. The Hall–Kier alpha value is -6.84. The lowest BCUT2D eigenvalue weighted by Crippen LogP contribution is -2.13. The predicted molar refractivity (Wildman–Crippen MR) is 221 cm³/mol. The summed E-state index contributed by atoms with van der Waals surface area (Å²) in [6.45, 7) is 0. The van der Waals surface area contributed by atoms with Crippen LogP contribution in [-0.2, 0) is 0 Å². The van der Waals surface area contributed by atoms with Gasteiger partial charge in [0.1, 0.15) is 0 Å². The number of nitrogens with zero attached hydrogens (tertiary/aromatic N) is 3. The maximum absolute atomic E-state index is 2.39.